The Morgan fingerprint density at radius 1 is 1.37 bits per heavy atom. The van der Waals surface area contributed by atoms with Gasteiger partial charge in [-0.1, -0.05) is 26.0 Å². The molecule has 1 aliphatic rings. The molecule has 0 radical (unpaired) electrons. The van der Waals surface area contributed by atoms with Gasteiger partial charge in [0.1, 0.15) is 18.0 Å². The predicted octanol–water partition coefficient (Wildman–Crippen LogP) is 3.00. The van der Waals surface area contributed by atoms with Gasteiger partial charge in [0.2, 0.25) is 0 Å². The Bertz CT molecular complexity index is 431. The Balaban J connectivity index is 2.08. The molecule has 0 heterocycles. The fraction of sp³-hybridized carbons (Fsp3) is 0.625. The van der Waals surface area contributed by atoms with Crippen molar-refractivity contribution in [1.29, 1.82) is 0 Å². The van der Waals surface area contributed by atoms with E-state index in [2.05, 4.69) is 39.0 Å². The van der Waals surface area contributed by atoms with Gasteiger partial charge < -0.3 is 15.2 Å². The molecule has 3 atom stereocenters. The fourth-order valence-corrected chi connectivity index (χ4v) is 2.42. The zero-order valence-electron chi connectivity index (χ0n) is 12.3. The van der Waals surface area contributed by atoms with Crippen molar-refractivity contribution in [1.82, 2.24) is 0 Å². The third-order valence-electron chi connectivity index (χ3n) is 3.81. The number of hydrogen-bond acceptors (Lipinski definition) is 3. The average Bonchev–Trinajstić information content (AvgIpc) is 2.37. The fourth-order valence-electron chi connectivity index (χ4n) is 2.42. The van der Waals surface area contributed by atoms with Crippen LogP contribution in [-0.2, 0) is 4.74 Å². The number of rotatable bonds is 5. The molecule has 1 saturated carbocycles. The van der Waals surface area contributed by atoms with E-state index in [4.69, 9.17) is 15.2 Å². The molecule has 0 amide bonds. The van der Waals surface area contributed by atoms with Gasteiger partial charge in [0.25, 0.3) is 0 Å². The quantitative estimate of drug-likeness (QED) is 0.888. The van der Waals surface area contributed by atoms with Crippen LogP contribution in [0, 0.1) is 6.92 Å². The highest BCUT2D eigenvalue weighted by Gasteiger charge is 2.41. The van der Waals surface area contributed by atoms with Crippen molar-refractivity contribution in [3.8, 4) is 5.75 Å². The number of benzene rings is 1. The highest BCUT2D eigenvalue weighted by atomic mass is 16.5. The molecule has 1 aliphatic carbocycles. The summed E-state index contributed by atoms with van der Waals surface area (Å²) in [5.41, 5.74) is 8.43. The van der Waals surface area contributed by atoms with E-state index in [-0.39, 0.29) is 18.2 Å². The first-order chi connectivity index (χ1) is 9.02. The van der Waals surface area contributed by atoms with Crippen molar-refractivity contribution in [2.75, 3.05) is 6.61 Å². The summed E-state index contributed by atoms with van der Waals surface area (Å²) < 4.78 is 11.7. The standard InChI is InChI=1S/C16H25NO2/c1-5-18-16-13(17)9-15(16)19-14-8-12(10(2)3)7-6-11(14)4/h6-8,10,13,15-16H,5,9,17H2,1-4H3. The Hall–Kier alpha value is -1.06. The normalized spacial score (nSPS) is 26.3. The summed E-state index contributed by atoms with van der Waals surface area (Å²) in [5, 5.41) is 0. The zero-order chi connectivity index (χ0) is 14.0. The smallest absolute Gasteiger partial charge is 0.128 e. The molecular weight excluding hydrogens is 238 g/mol. The van der Waals surface area contributed by atoms with E-state index in [0.29, 0.717) is 12.5 Å². The van der Waals surface area contributed by atoms with E-state index in [1.165, 1.54) is 11.1 Å². The minimum atomic E-state index is 0.0344. The minimum Gasteiger partial charge on any atom is -0.487 e. The predicted molar refractivity (Wildman–Crippen MR) is 77.7 cm³/mol. The number of hydrogen-bond donors (Lipinski definition) is 1. The highest BCUT2D eigenvalue weighted by Crippen LogP contribution is 2.31. The van der Waals surface area contributed by atoms with Gasteiger partial charge in [0, 0.05) is 19.1 Å². The molecule has 3 heteroatoms. The van der Waals surface area contributed by atoms with Gasteiger partial charge in [-0.15, -0.1) is 0 Å². The van der Waals surface area contributed by atoms with Crippen LogP contribution >= 0.6 is 0 Å². The molecule has 3 unspecified atom stereocenters. The molecular formula is C16H25NO2. The van der Waals surface area contributed by atoms with E-state index in [9.17, 15) is 0 Å². The van der Waals surface area contributed by atoms with E-state index >= 15 is 0 Å². The Morgan fingerprint density at radius 2 is 2.11 bits per heavy atom. The van der Waals surface area contributed by atoms with Crippen LogP contribution in [0.2, 0.25) is 0 Å². The summed E-state index contributed by atoms with van der Waals surface area (Å²) in [4.78, 5) is 0. The van der Waals surface area contributed by atoms with Gasteiger partial charge >= 0.3 is 0 Å². The van der Waals surface area contributed by atoms with Crippen LogP contribution in [0.5, 0.6) is 5.75 Å². The Labute approximate surface area is 116 Å². The van der Waals surface area contributed by atoms with Crippen LogP contribution in [0.1, 0.15) is 44.2 Å². The van der Waals surface area contributed by atoms with Crippen molar-refractivity contribution in [2.24, 2.45) is 5.73 Å². The monoisotopic (exact) mass is 263 g/mol. The molecule has 106 valence electrons. The molecule has 3 nitrogen and oxygen atoms in total. The molecule has 1 aromatic rings. The highest BCUT2D eigenvalue weighted by molar-refractivity contribution is 5.38. The van der Waals surface area contributed by atoms with Gasteiger partial charge in [-0.3, -0.25) is 0 Å². The largest absolute Gasteiger partial charge is 0.487 e. The lowest BCUT2D eigenvalue weighted by Crippen LogP contribution is -2.59. The summed E-state index contributed by atoms with van der Waals surface area (Å²) >= 11 is 0. The van der Waals surface area contributed by atoms with Crippen molar-refractivity contribution >= 4 is 0 Å². The Kier molecular flexibility index (Phi) is 4.48. The van der Waals surface area contributed by atoms with E-state index in [1.807, 2.05) is 6.92 Å². The van der Waals surface area contributed by atoms with Crippen molar-refractivity contribution in [3.05, 3.63) is 29.3 Å². The van der Waals surface area contributed by atoms with Crippen LogP contribution < -0.4 is 10.5 Å². The summed E-state index contributed by atoms with van der Waals surface area (Å²) in [6, 6.07) is 6.55. The lowest BCUT2D eigenvalue weighted by molar-refractivity contribution is -0.0947. The summed E-state index contributed by atoms with van der Waals surface area (Å²) in [5.74, 6) is 1.47. The van der Waals surface area contributed by atoms with E-state index < -0.39 is 0 Å². The SMILES string of the molecule is CCOC1C(N)CC1Oc1cc(C(C)C)ccc1C. The lowest BCUT2D eigenvalue weighted by atomic mass is 9.86. The molecule has 2 rings (SSSR count). The van der Waals surface area contributed by atoms with Crippen LogP contribution in [0.25, 0.3) is 0 Å². The molecule has 0 aliphatic heterocycles. The molecule has 1 aromatic carbocycles. The maximum atomic E-state index is 6.10. The first-order valence-corrected chi connectivity index (χ1v) is 7.17. The molecule has 2 N–H and O–H groups in total. The molecule has 0 aromatic heterocycles. The molecule has 1 fully saturated rings. The number of aryl methyl sites for hydroxylation is 1. The topological polar surface area (TPSA) is 44.5 Å². The Morgan fingerprint density at radius 3 is 2.68 bits per heavy atom. The lowest BCUT2D eigenvalue weighted by Gasteiger charge is -2.41. The zero-order valence-corrected chi connectivity index (χ0v) is 12.3. The number of nitrogens with two attached hydrogens (primary N) is 1. The van der Waals surface area contributed by atoms with Crippen LogP contribution in [0.4, 0.5) is 0 Å². The van der Waals surface area contributed by atoms with E-state index in [1.54, 1.807) is 0 Å². The van der Waals surface area contributed by atoms with Gasteiger partial charge in [0.15, 0.2) is 0 Å². The van der Waals surface area contributed by atoms with Crippen LogP contribution in [-0.4, -0.2) is 24.9 Å². The summed E-state index contributed by atoms with van der Waals surface area (Å²) in [7, 11) is 0. The van der Waals surface area contributed by atoms with Crippen molar-refractivity contribution in [3.63, 3.8) is 0 Å². The summed E-state index contributed by atoms with van der Waals surface area (Å²) in [6.07, 6.45) is 0.999. The molecule has 19 heavy (non-hydrogen) atoms. The maximum absolute atomic E-state index is 6.10. The summed E-state index contributed by atoms with van der Waals surface area (Å²) in [6.45, 7) is 9.14. The molecule has 0 spiro atoms. The first kappa shape index (κ1) is 14.4. The van der Waals surface area contributed by atoms with Crippen molar-refractivity contribution in [2.45, 2.75) is 58.3 Å². The van der Waals surface area contributed by atoms with E-state index in [0.717, 1.165) is 12.2 Å². The third kappa shape index (κ3) is 3.10. The van der Waals surface area contributed by atoms with Gasteiger partial charge in [-0.25, -0.2) is 0 Å². The van der Waals surface area contributed by atoms with Crippen molar-refractivity contribution < 1.29 is 9.47 Å². The third-order valence-corrected chi connectivity index (χ3v) is 3.81. The van der Waals surface area contributed by atoms with Gasteiger partial charge in [-0.05, 0) is 37.0 Å². The minimum absolute atomic E-state index is 0.0344. The maximum Gasteiger partial charge on any atom is 0.128 e. The second-order valence-electron chi connectivity index (χ2n) is 5.66. The molecule has 0 bridgehead atoms. The van der Waals surface area contributed by atoms with Gasteiger partial charge in [-0.2, -0.15) is 0 Å². The molecule has 0 saturated heterocycles. The first-order valence-electron chi connectivity index (χ1n) is 7.17. The van der Waals surface area contributed by atoms with Crippen LogP contribution in [0.3, 0.4) is 0 Å². The average molecular weight is 263 g/mol. The van der Waals surface area contributed by atoms with Gasteiger partial charge in [0.05, 0.1) is 0 Å². The second kappa shape index (κ2) is 5.93. The van der Waals surface area contributed by atoms with Crippen LogP contribution in [0.15, 0.2) is 18.2 Å². The number of ether oxygens (including phenoxy) is 2. The second-order valence-corrected chi connectivity index (χ2v) is 5.66.